The second-order valence-electron chi connectivity index (χ2n) is 3.38. The third kappa shape index (κ3) is 1.90. The molecular formula is C10H7LiN2O2. The average Bonchev–Trinajstić information content (AvgIpc) is 2.98. The summed E-state index contributed by atoms with van der Waals surface area (Å²) < 4.78 is 0. The van der Waals surface area contributed by atoms with Gasteiger partial charge in [-0.05, 0) is 25.0 Å². The summed E-state index contributed by atoms with van der Waals surface area (Å²) in [5.74, 6) is -1.27. The molecule has 1 aromatic rings. The van der Waals surface area contributed by atoms with Crippen LogP contribution in [0.25, 0.3) is 0 Å². The van der Waals surface area contributed by atoms with E-state index in [4.69, 9.17) is 5.26 Å². The summed E-state index contributed by atoms with van der Waals surface area (Å²) in [6.07, 6.45) is 2.86. The van der Waals surface area contributed by atoms with Crippen molar-refractivity contribution in [1.29, 1.82) is 5.26 Å². The van der Waals surface area contributed by atoms with Crippen LogP contribution in [0.15, 0.2) is 18.3 Å². The van der Waals surface area contributed by atoms with Crippen LogP contribution in [0.1, 0.15) is 28.9 Å². The molecule has 0 radical (unpaired) electrons. The maximum Gasteiger partial charge on any atom is 1.00 e. The zero-order chi connectivity index (χ0) is 10.2. The molecule has 1 aromatic heterocycles. The number of nitriles is 1. The molecule has 4 nitrogen and oxygen atoms in total. The van der Waals surface area contributed by atoms with Gasteiger partial charge in [-0.1, -0.05) is 0 Å². The predicted octanol–water partition coefficient (Wildman–Crippen LogP) is -3.00. The second kappa shape index (κ2) is 4.06. The number of hydrogen-bond acceptors (Lipinski definition) is 4. The number of rotatable bonds is 2. The summed E-state index contributed by atoms with van der Waals surface area (Å²) in [5.41, 5.74) is -0.287. The van der Waals surface area contributed by atoms with E-state index in [1.807, 2.05) is 0 Å². The van der Waals surface area contributed by atoms with Crippen molar-refractivity contribution in [1.82, 2.24) is 4.98 Å². The summed E-state index contributed by atoms with van der Waals surface area (Å²) >= 11 is 0. The molecule has 1 aliphatic carbocycles. The number of carbonyl (C=O) groups is 1. The minimum atomic E-state index is -1.27. The van der Waals surface area contributed by atoms with Crippen molar-refractivity contribution in [2.75, 3.05) is 0 Å². The molecule has 5 heteroatoms. The fourth-order valence-corrected chi connectivity index (χ4v) is 1.48. The van der Waals surface area contributed by atoms with Gasteiger partial charge in [0.2, 0.25) is 0 Å². The van der Waals surface area contributed by atoms with E-state index in [1.165, 1.54) is 18.3 Å². The number of aromatic nitrogens is 1. The maximum atomic E-state index is 10.8. The minimum Gasteiger partial charge on any atom is -0.545 e. The van der Waals surface area contributed by atoms with Crippen LogP contribution >= 0.6 is 0 Å². The van der Waals surface area contributed by atoms with E-state index in [-0.39, 0.29) is 24.4 Å². The smallest absolute Gasteiger partial charge is 0.545 e. The van der Waals surface area contributed by atoms with Crippen LogP contribution in [0, 0.1) is 11.3 Å². The number of carbonyl (C=O) groups excluding carboxylic acids is 1. The fraction of sp³-hybridized carbons (Fsp3) is 0.300. The quantitative estimate of drug-likeness (QED) is 0.470. The number of hydrogen-bond donors (Lipinski definition) is 0. The molecule has 1 aliphatic rings. The first-order valence-electron chi connectivity index (χ1n) is 4.28. The van der Waals surface area contributed by atoms with Gasteiger partial charge in [-0.3, -0.25) is 4.98 Å². The van der Waals surface area contributed by atoms with E-state index >= 15 is 0 Å². The van der Waals surface area contributed by atoms with Gasteiger partial charge in [0, 0.05) is 11.8 Å². The van der Waals surface area contributed by atoms with Crippen LogP contribution in [0.2, 0.25) is 0 Å². The molecule has 1 heterocycles. The van der Waals surface area contributed by atoms with Crippen LogP contribution in [0.4, 0.5) is 0 Å². The first kappa shape index (κ1) is 11.8. The zero-order valence-electron chi connectivity index (χ0n) is 8.36. The summed E-state index contributed by atoms with van der Waals surface area (Å²) in [4.78, 5) is 14.7. The van der Waals surface area contributed by atoms with E-state index in [0.29, 0.717) is 18.5 Å². The Morgan fingerprint density at radius 1 is 1.60 bits per heavy atom. The molecule has 0 bridgehead atoms. The Labute approximate surface area is 99.1 Å². The largest absolute Gasteiger partial charge is 1.00 e. The van der Waals surface area contributed by atoms with Gasteiger partial charge in [0.25, 0.3) is 0 Å². The first-order valence-corrected chi connectivity index (χ1v) is 4.28. The Bertz CT molecular complexity index is 435. The van der Waals surface area contributed by atoms with Crippen LogP contribution in [0.5, 0.6) is 0 Å². The van der Waals surface area contributed by atoms with E-state index in [0.717, 1.165) is 0 Å². The molecule has 15 heavy (non-hydrogen) atoms. The predicted molar refractivity (Wildman–Crippen MR) is 45.1 cm³/mol. The Kier molecular flexibility index (Phi) is 3.19. The van der Waals surface area contributed by atoms with Crippen molar-refractivity contribution in [2.45, 2.75) is 18.3 Å². The Hall–Kier alpha value is -1.29. The van der Waals surface area contributed by atoms with Crippen LogP contribution < -0.4 is 24.0 Å². The van der Waals surface area contributed by atoms with Gasteiger partial charge in [-0.15, -0.1) is 0 Å². The van der Waals surface area contributed by atoms with Gasteiger partial charge in [-0.25, -0.2) is 0 Å². The maximum absolute atomic E-state index is 10.8. The van der Waals surface area contributed by atoms with E-state index in [9.17, 15) is 9.90 Å². The molecule has 70 valence electrons. The Morgan fingerprint density at radius 2 is 2.27 bits per heavy atom. The summed E-state index contributed by atoms with van der Waals surface area (Å²) in [5, 5.41) is 19.7. The van der Waals surface area contributed by atoms with Crippen molar-refractivity contribution in [3.05, 3.63) is 29.6 Å². The van der Waals surface area contributed by atoms with E-state index < -0.39 is 11.4 Å². The van der Waals surface area contributed by atoms with Gasteiger partial charge in [-0.2, -0.15) is 5.26 Å². The van der Waals surface area contributed by atoms with E-state index in [1.54, 1.807) is 0 Å². The number of carboxylic acids is 1. The first-order chi connectivity index (χ1) is 6.69. The topological polar surface area (TPSA) is 76.8 Å². The van der Waals surface area contributed by atoms with E-state index in [2.05, 4.69) is 11.1 Å². The van der Waals surface area contributed by atoms with Crippen LogP contribution in [0.3, 0.4) is 0 Å². The molecule has 0 unspecified atom stereocenters. The Balaban J connectivity index is 0.00000112. The van der Waals surface area contributed by atoms with Gasteiger partial charge in [0.15, 0.2) is 0 Å². The molecule has 0 amide bonds. The van der Waals surface area contributed by atoms with Crippen molar-refractivity contribution < 1.29 is 28.8 Å². The molecule has 0 spiro atoms. The van der Waals surface area contributed by atoms with Gasteiger partial charge < -0.3 is 9.90 Å². The number of aromatic carboxylic acids is 1. The molecule has 0 N–H and O–H groups in total. The number of carboxylic acid groups (broad SMARTS) is 1. The SMILES string of the molecule is N#CC1(c2ncccc2C(=O)[O-])CC1.[Li+]. The zero-order valence-corrected chi connectivity index (χ0v) is 8.36. The van der Waals surface area contributed by atoms with Gasteiger partial charge >= 0.3 is 18.9 Å². The van der Waals surface area contributed by atoms with Crippen molar-refractivity contribution >= 4 is 5.97 Å². The monoisotopic (exact) mass is 194 g/mol. The second-order valence-corrected chi connectivity index (χ2v) is 3.38. The molecule has 1 fully saturated rings. The molecule has 0 aliphatic heterocycles. The fourth-order valence-electron chi connectivity index (χ4n) is 1.48. The molecule has 1 saturated carbocycles. The minimum absolute atomic E-state index is 0. The van der Waals surface area contributed by atoms with Crippen molar-refractivity contribution in [3.8, 4) is 6.07 Å². The van der Waals surface area contributed by atoms with Crippen LogP contribution in [-0.2, 0) is 5.41 Å². The van der Waals surface area contributed by atoms with Crippen LogP contribution in [-0.4, -0.2) is 11.0 Å². The molecule has 0 aromatic carbocycles. The molecular weight excluding hydrogens is 187 g/mol. The third-order valence-corrected chi connectivity index (χ3v) is 2.44. The summed E-state index contributed by atoms with van der Waals surface area (Å²) in [6, 6.07) is 5.07. The van der Waals surface area contributed by atoms with Gasteiger partial charge in [0.05, 0.1) is 17.7 Å². The third-order valence-electron chi connectivity index (χ3n) is 2.44. The normalized spacial score (nSPS) is 15.9. The summed E-state index contributed by atoms with van der Waals surface area (Å²) in [6.45, 7) is 0. The number of pyridine rings is 1. The molecule has 2 rings (SSSR count). The molecule has 0 saturated heterocycles. The molecule has 0 atom stereocenters. The van der Waals surface area contributed by atoms with Crippen molar-refractivity contribution in [3.63, 3.8) is 0 Å². The average molecular weight is 194 g/mol. The van der Waals surface area contributed by atoms with Crippen molar-refractivity contribution in [2.24, 2.45) is 0 Å². The van der Waals surface area contributed by atoms with Gasteiger partial charge in [0.1, 0.15) is 5.41 Å². The number of nitrogens with zero attached hydrogens (tertiary/aromatic N) is 2. The standard InChI is InChI=1S/C10H8N2O2.Li/c11-6-10(3-4-10)8-7(9(13)14)2-1-5-12-8;/h1-2,5H,3-4H2,(H,13,14);/q;+1/p-1. The summed E-state index contributed by atoms with van der Waals surface area (Å²) in [7, 11) is 0. The Morgan fingerprint density at radius 3 is 2.73 bits per heavy atom.